The number of nitrogens with zero attached hydrogens (tertiary/aromatic N) is 1. The van der Waals surface area contributed by atoms with Gasteiger partial charge in [0.15, 0.2) is 5.82 Å². The maximum atomic E-state index is 10.5. The highest BCUT2D eigenvalue weighted by molar-refractivity contribution is 5.45. The van der Waals surface area contributed by atoms with Gasteiger partial charge in [-0.15, -0.1) is 0 Å². The van der Waals surface area contributed by atoms with E-state index in [9.17, 15) is 4.79 Å². The SMILES string of the molecule is CN(C)c1[nH]c(=O)[nH]c1O. The van der Waals surface area contributed by atoms with Gasteiger partial charge in [0.25, 0.3) is 0 Å². The first-order chi connectivity index (χ1) is 4.61. The van der Waals surface area contributed by atoms with Crippen LogP contribution >= 0.6 is 0 Å². The number of aromatic amines is 2. The van der Waals surface area contributed by atoms with Crippen LogP contribution < -0.4 is 10.6 Å². The van der Waals surface area contributed by atoms with E-state index in [0.717, 1.165) is 0 Å². The fourth-order valence-electron chi connectivity index (χ4n) is 0.688. The lowest BCUT2D eigenvalue weighted by molar-refractivity contribution is 0.456. The molecule has 0 aliphatic heterocycles. The van der Waals surface area contributed by atoms with E-state index in [-0.39, 0.29) is 5.88 Å². The van der Waals surface area contributed by atoms with Crippen LogP contribution in [0.4, 0.5) is 5.82 Å². The number of aromatic hydroxyl groups is 1. The number of hydrogen-bond donors (Lipinski definition) is 3. The zero-order chi connectivity index (χ0) is 7.72. The molecular weight excluding hydrogens is 134 g/mol. The van der Waals surface area contributed by atoms with Crippen molar-refractivity contribution in [3.8, 4) is 5.88 Å². The van der Waals surface area contributed by atoms with Gasteiger partial charge < -0.3 is 10.0 Å². The maximum Gasteiger partial charge on any atom is 0.327 e. The van der Waals surface area contributed by atoms with Crippen molar-refractivity contribution in [3.63, 3.8) is 0 Å². The summed E-state index contributed by atoms with van der Waals surface area (Å²) in [5, 5.41) is 8.97. The van der Waals surface area contributed by atoms with Crippen LogP contribution in [0.3, 0.4) is 0 Å². The monoisotopic (exact) mass is 143 g/mol. The number of nitrogens with one attached hydrogen (secondary N) is 2. The fraction of sp³-hybridized carbons (Fsp3) is 0.400. The molecule has 0 unspecified atom stereocenters. The molecule has 0 radical (unpaired) electrons. The third-order valence-electron chi connectivity index (χ3n) is 1.14. The number of imidazole rings is 1. The Hall–Kier alpha value is -1.39. The molecule has 5 heteroatoms. The molecule has 0 aliphatic carbocycles. The molecule has 0 amide bonds. The van der Waals surface area contributed by atoms with E-state index in [2.05, 4.69) is 9.97 Å². The van der Waals surface area contributed by atoms with Crippen molar-refractivity contribution >= 4 is 5.82 Å². The molecule has 0 bridgehead atoms. The molecule has 0 atom stereocenters. The van der Waals surface area contributed by atoms with Gasteiger partial charge in [-0.3, -0.25) is 9.97 Å². The Balaban J connectivity index is 3.15. The summed E-state index contributed by atoms with van der Waals surface area (Å²) in [7, 11) is 3.44. The first kappa shape index (κ1) is 6.73. The molecule has 0 spiro atoms. The summed E-state index contributed by atoms with van der Waals surface area (Å²) in [4.78, 5) is 16.7. The first-order valence-corrected chi connectivity index (χ1v) is 2.80. The molecule has 0 aliphatic rings. The molecular formula is C5H9N3O2. The molecule has 1 aromatic heterocycles. The van der Waals surface area contributed by atoms with Gasteiger partial charge in [0.2, 0.25) is 5.88 Å². The predicted octanol–water partition coefficient (Wildman–Crippen LogP) is -0.525. The number of aromatic nitrogens is 2. The van der Waals surface area contributed by atoms with Gasteiger partial charge in [-0.2, -0.15) is 0 Å². The van der Waals surface area contributed by atoms with Crippen LogP contribution in [0, 0.1) is 0 Å². The highest BCUT2D eigenvalue weighted by atomic mass is 16.3. The van der Waals surface area contributed by atoms with Crippen molar-refractivity contribution in [1.82, 2.24) is 9.97 Å². The smallest absolute Gasteiger partial charge is 0.327 e. The molecule has 1 rings (SSSR count). The van der Waals surface area contributed by atoms with Crippen molar-refractivity contribution in [3.05, 3.63) is 10.5 Å². The Kier molecular flexibility index (Phi) is 1.41. The Morgan fingerprint density at radius 3 is 2.20 bits per heavy atom. The Morgan fingerprint density at radius 1 is 1.40 bits per heavy atom. The average molecular weight is 143 g/mol. The molecule has 1 heterocycles. The first-order valence-electron chi connectivity index (χ1n) is 2.80. The van der Waals surface area contributed by atoms with Crippen molar-refractivity contribution in [2.75, 3.05) is 19.0 Å². The van der Waals surface area contributed by atoms with Crippen LogP contribution in [0.2, 0.25) is 0 Å². The molecule has 5 nitrogen and oxygen atoms in total. The van der Waals surface area contributed by atoms with Gasteiger partial charge in [-0.05, 0) is 0 Å². The van der Waals surface area contributed by atoms with Gasteiger partial charge >= 0.3 is 5.69 Å². The minimum absolute atomic E-state index is 0.130. The topological polar surface area (TPSA) is 72.1 Å². The maximum absolute atomic E-state index is 10.5. The second-order valence-corrected chi connectivity index (χ2v) is 2.17. The Labute approximate surface area is 57.3 Å². The molecule has 3 N–H and O–H groups in total. The lowest BCUT2D eigenvalue weighted by atomic mass is 10.6. The van der Waals surface area contributed by atoms with E-state index < -0.39 is 5.69 Å². The zero-order valence-electron chi connectivity index (χ0n) is 5.80. The van der Waals surface area contributed by atoms with Gasteiger partial charge in [0.1, 0.15) is 0 Å². The van der Waals surface area contributed by atoms with E-state index in [0.29, 0.717) is 5.82 Å². The highest BCUT2D eigenvalue weighted by Crippen LogP contribution is 2.15. The second kappa shape index (κ2) is 2.09. The average Bonchev–Trinajstić information content (AvgIpc) is 2.10. The largest absolute Gasteiger partial charge is 0.492 e. The standard InChI is InChI=1S/C5H9N3O2/c1-8(2)3-4(9)7-5(10)6-3/h9H,1-2H3,(H2,6,7,10). The third-order valence-corrected chi connectivity index (χ3v) is 1.14. The minimum Gasteiger partial charge on any atom is -0.492 e. The van der Waals surface area contributed by atoms with E-state index in [4.69, 9.17) is 5.11 Å². The number of anilines is 1. The van der Waals surface area contributed by atoms with Gasteiger partial charge in [-0.1, -0.05) is 0 Å². The van der Waals surface area contributed by atoms with Crippen molar-refractivity contribution in [2.24, 2.45) is 0 Å². The van der Waals surface area contributed by atoms with Crippen LogP contribution in [0.5, 0.6) is 5.88 Å². The number of rotatable bonds is 1. The van der Waals surface area contributed by atoms with Gasteiger partial charge in [-0.25, -0.2) is 4.79 Å². The third kappa shape index (κ3) is 0.975. The second-order valence-electron chi connectivity index (χ2n) is 2.17. The van der Waals surface area contributed by atoms with E-state index in [1.165, 1.54) is 0 Å². The highest BCUT2D eigenvalue weighted by Gasteiger charge is 2.05. The summed E-state index contributed by atoms with van der Waals surface area (Å²) in [6.45, 7) is 0. The van der Waals surface area contributed by atoms with Gasteiger partial charge in [0, 0.05) is 14.1 Å². The van der Waals surface area contributed by atoms with E-state index >= 15 is 0 Å². The van der Waals surface area contributed by atoms with Crippen molar-refractivity contribution in [1.29, 1.82) is 0 Å². The molecule has 0 saturated carbocycles. The normalized spacial score (nSPS) is 9.80. The van der Waals surface area contributed by atoms with Gasteiger partial charge in [0.05, 0.1) is 0 Å². The summed E-state index contributed by atoms with van der Waals surface area (Å²) in [6.07, 6.45) is 0. The molecule has 1 aromatic rings. The minimum atomic E-state index is -0.402. The number of hydrogen-bond acceptors (Lipinski definition) is 3. The fourth-order valence-corrected chi connectivity index (χ4v) is 0.688. The van der Waals surface area contributed by atoms with E-state index in [1.807, 2.05) is 0 Å². The van der Waals surface area contributed by atoms with Crippen molar-refractivity contribution in [2.45, 2.75) is 0 Å². The van der Waals surface area contributed by atoms with Crippen molar-refractivity contribution < 1.29 is 5.11 Å². The zero-order valence-corrected chi connectivity index (χ0v) is 5.80. The molecule has 10 heavy (non-hydrogen) atoms. The molecule has 0 aromatic carbocycles. The summed E-state index contributed by atoms with van der Waals surface area (Å²) in [5.74, 6) is 0.264. The molecule has 0 fully saturated rings. The quantitative estimate of drug-likeness (QED) is 0.495. The lowest BCUT2D eigenvalue weighted by Gasteiger charge is -2.07. The Bertz CT molecular complexity index is 273. The molecule has 56 valence electrons. The summed E-state index contributed by atoms with van der Waals surface area (Å²) in [5.41, 5.74) is -0.402. The van der Waals surface area contributed by atoms with Crippen LogP contribution in [-0.2, 0) is 0 Å². The molecule has 0 saturated heterocycles. The van der Waals surface area contributed by atoms with E-state index in [1.54, 1.807) is 19.0 Å². The summed E-state index contributed by atoms with van der Waals surface area (Å²) in [6, 6.07) is 0. The van der Waals surface area contributed by atoms with Crippen LogP contribution in [0.1, 0.15) is 0 Å². The van der Waals surface area contributed by atoms with Crippen LogP contribution in [0.15, 0.2) is 4.79 Å². The number of H-pyrrole nitrogens is 2. The van der Waals surface area contributed by atoms with Crippen LogP contribution in [-0.4, -0.2) is 29.2 Å². The predicted molar refractivity (Wildman–Crippen MR) is 37.4 cm³/mol. The summed E-state index contributed by atoms with van der Waals surface area (Å²) >= 11 is 0. The lowest BCUT2D eigenvalue weighted by Crippen LogP contribution is -2.10. The Morgan fingerprint density at radius 2 is 2.00 bits per heavy atom. The summed E-state index contributed by atoms with van der Waals surface area (Å²) < 4.78 is 0. The van der Waals surface area contributed by atoms with Crippen LogP contribution in [0.25, 0.3) is 0 Å².